The normalized spacial score (nSPS) is 16.5. The van der Waals surface area contributed by atoms with E-state index in [0.29, 0.717) is 0 Å². The van der Waals surface area contributed by atoms with Crippen LogP contribution in [0.3, 0.4) is 0 Å². The highest BCUT2D eigenvalue weighted by molar-refractivity contribution is 5.88. The summed E-state index contributed by atoms with van der Waals surface area (Å²) in [7, 11) is 0. The average Bonchev–Trinajstić information content (AvgIpc) is 2.38. The molecule has 0 aliphatic carbocycles. The minimum absolute atomic E-state index is 0.237. The van der Waals surface area contributed by atoms with Crippen molar-refractivity contribution >= 4 is 5.91 Å². The van der Waals surface area contributed by atoms with Crippen LogP contribution in [0.5, 0.6) is 0 Å². The molecule has 1 aromatic rings. The largest absolute Gasteiger partial charge is 0.339 e. The number of piperazine rings is 1. The molecule has 0 saturated carbocycles. The molecule has 2 rings (SSSR count). The number of carbonyl (C=O) groups is 1. The van der Waals surface area contributed by atoms with Gasteiger partial charge in [0, 0.05) is 26.2 Å². The van der Waals surface area contributed by atoms with Gasteiger partial charge in [0.2, 0.25) is 5.91 Å². The molecule has 1 saturated heterocycles. The lowest BCUT2D eigenvalue weighted by Crippen LogP contribution is -2.52. The van der Waals surface area contributed by atoms with E-state index in [1.165, 1.54) is 11.1 Å². The number of hydrogen-bond acceptors (Lipinski definition) is 2. The van der Waals surface area contributed by atoms with Crippen molar-refractivity contribution in [1.82, 2.24) is 10.2 Å². The highest BCUT2D eigenvalue weighted by atomic mass is 16.2. The molecule has 1 aromatic carbocycles. The molecule has 0 spiro atoms. The van der Waals surface area contributed by atoms with Crippen LogP contribution >= 0.6 is 0 Å². The standard InChI is InChI=1S/C16H24N2O/c1-12-5-6-14(13(2)11-12)16(3,4)15(19)18-9-7-17-8-10-18/h5-6,11,17H,7-10H2,1-4H3. The Kier molecular flexibility index (Phi) is 3.95. The van der Waals surface area contributed by atoms with E-state index >= 15 is 0 Å². The third-order valence-corrected chi connectivity index (χ3v) is 3.99. The van der Waals surface area contributed by atoms with Crippen molar-refractivity contribution in [2.45, 2.75) is 33.1 Å². The predicted molar refractivity (Wildman–Crippen MR) is 78.4 cm³/mol. The molecule has 1 heterocycles. The molecule has 0 atom stereocenters. The number of nitrogens with one attached hydrogen (secondary N) is 1. The molecule has 3 nitrogen and oxygen atoms in total. The molecule has 0 bridgehead atoms. The molecular formula is C16H24N2O. The van der Waals surface area contributed by atoms with Crippen molar-refractivity contribution in [3.05, 3.63) is 34.9 Å². The van der Waals surface area contributed by atoms with E-state index in [0.717, 1.165) is 31.7 Å². The zero-order valence-corrected chi connectivity index (χ0v) is 12.4. The van der Waals surface area contributed by atoms with Crippen molar-refractivity contribution < 1.29 is 4.79 Å². The first kappa shape index (κ1) is 14.1. The van der Waals surface area contributed by atoms with E-state index in [4.69, 9.17) is 0 Å². The average molecular weight is 260 g/mol. The summed E-state index contributed by atoms with van der Waals surface area (Å²) in [6.45, 7) is 11.7. The Bertz CT molecular complexity index is 474. The van der Waals surface area contributed by atoms with E-state index < -0.39 is 5.41 Å². The lowest BCUT2D eigenvalue weighted by atomic mass is 9.80. The SMILES string of the molecule is Cc1ccc(C(C)(C)C(=O)N2CCNCC2)c(C)c1. The van der Waals surface area contributed by atoms with Gasteiger partial charge in [-0.1, -0.05) is 23.8 Å². The summed E-state index contributed by atoms with van der Waals surface area (Å²) < 4.78 is 0. The van der Waals surface area contributed by atoms with Crippen LogP contribution in [0.2, 0.25) is 0 Å². The molecule has 0 radical (unpaired) electrons. The van der Waals surface area contributed by atoms with E-state index in [1.807, 2.05) is 18.7 Å². The second kappa shape index (κ2) is 5.33. The monoisotopic (exact) mass is 260 g/mol. The molecule has 1 amide bonds. The first-order valence-electron chi connectivity index (χ1n) is 7.01. The topological polar surface area (TPSA) is 32.3 Å². The molecular weight excluding hydrogens is 236 g/mol. The fourth-order valence-electron chi connectivity index (χ4n) is 2.89. The number of benzene rings is 1. The minimum Gasteiger partial charge on any atom is -0.339 e. The van der Waals surface area contributed by atoms with Gasteiger partial charge in [0.1, 0.15) is 0 Å². The van der Waals surface area contributed by atoms with Gasteiger partial charge in [-0.05, 0) is 38.8 Å². The zero-order chi connectivity index (χ0) is 14.0. The van der Waals surface area contributed by atoms with Crippen molar-refractivity contribution in [1.29, 1.82) is 0 Å². The van der Waals surface area contributed by atoms with Gasteiger partial charge < -0.3 is 10.2 Å². The lowest BCUT2D eigenvalue weighted by molar-refractivity contribution is -0.136. The van der Waals surface area contributed by atoms with E-state index in [9.17, 15) is 4.79 Å². The quantitative estimate of drug-likeness (QED) is 0.882. The van der Waals surface area contributed by atoms with Crippen molar-refractivity contribution in [2.24, 2.45) is 0 Å². The van der Waals surface area contributed by atoms with Crippen LogP contribution in [0.1, 0.15) is 30.5 Å². The lowest BCUT2D eigenvalue weighted by Gasteiger charge is -2.35. The van der Waals surface area contributed by atoms with Gasteiger partial charge in [-0.2, -0.15) is 0 Å². The number of nitrogens with zero attached hydrogens (tertiary/aromatic N) is 1. The van der Waals surface area contributed by atoms with Crippen LogP contribution in [-0.4, -0.2) is 37.0 Å². The van der Waals surface area contributed by atoms with Crippen LogP contribution in [0.4, 0.5) is 0 Å². The molecule has 104 valence electrons. The summed E-state index contributed by atoms with van der Waals surface area (Å²) in [6.07, 6.45) is 0. The number of rotatable bonds is 2. The van der Waals surface area contributed by atoms with Crippen molar-refractivity contribution in [3.63, 3.8) is 0 Å². The van der Waals surface area contributed by atoms with Gasteiger partial charge >= 0.3 is 0 Å². The van der Waals surface area contributed by atoms with Crippen LogP contribution in [-0.2, 0) is 10.2 Å². The first-order valence-corrected chi connectivity index (χ1v) is 7.01. The third-order valence-electron chi connectivity index (χ3n) is 3.99. The molecule has 1 aliphatic rings. The molecule has 3 heteroatoms. The molecule has 0 aromatic heterocycles. The Labute approximate surface area is 116 Å². The van der Waals surface area contributed by atoms with Gasteiger partial charge in [-0.15, -0.1) is 0 Å². The minimum atomic E-state index is -0.449. The van der Waals surface area contributed by atoms with Crippen molar-refractivity contribution in [2.75, 3.05) is 26.2 Å². The second-order valence-electron chi connectivity index (χ2n) is 5.99. The summed E-state index contributed by atoms with van der Waals surface area (Å²) in [6, 6.07) is 6.35. The van der Waals surface area contributed by atoms with Gasteiger partial charge in [-0.3, -0.25) is 4.79 Å². The van der Waals surface area contributed by atoms with Crippen LogP contribution < -0.4 is 5.32 Å². The Hall–Kier alpha value is -1.35. The Morgan fingerprint density at radius 2 is 1.84 bits per heavy atom. The third kappa shape index (κ3) is 2.81. The molecule has 1 N–H and O–H groups in total. The molecule has 0 unspecified atom stereocenters. The number of hydrogen-bond donors (Lipinski definition) is 1. The highest BCUT2D eigenvalue weighted by Crippen LogP contribution is 2.29. The predicted octanol–water partition coefficient (Wildman–Crippen LogP) is 2.01. The van der Waals surface area contributed by atoms with Gasteiger partial charge in [0.25, 0.3) is 0 Å². The van der Waals surface area contributed by atoms with E-state index in [1.54, 1.807) is 0 Å². The maximum atomic E-state index is 12.8. The molecule has 1 fully saturated rings. The highest BCUT2D eigenvalue weighted by Gasteiger charge is 2.35. The maximum absolute atomic E-state index is 12.8. The Morgan fingerprint density at radius 3 is 2.42 bits per heavy atom. The van der Waals surface area contributed by atoms with E-state index in [-0.39, 0.29) is 5.91 Å². The number of carbonyl (C=O) groups excluding carboxylic acids is 1. The fourth-order valence-corrected chi connectivity index (χ4v) is 2.89. The van der Waals surface area contributed by atoms with Gasteiger partial charge in [-0.25, -0.2) is 0 Å². The van der Waals surface area contributed by atoms with Crippen LogP contribution in [0.15, 0.2) is 18.2 Å². The zero-order valence-electron chi connectivity index (χ0n) is 12.4. The smallest absolute Gasteiger partial charge is 0.232 e. The summed E-state index contributed by atoms with van der Waals surface area (Å²) >= 11 is 0. The first-order chi connectivity index (χ1) is 8.93. The number of amides is 1. The van der Waals surface area contributed by atoms with Crippen LogP contribution in [0, 0.1) is 13.8 Å². The summed E-state index contributed by atoms with van der Waals surface area (Å²) in [4.78, 5) is 14.7. The van der Waals surface area contributed by atoms with Crippen LogP contribution in [0.25, 0.3) is 0 Å². The van der Waals surface area contributed by atoms with Gasteiger partial charge in [0.15, 0.2) is 0 Å². The molecule has 1 aliphatic heterocycles. The summed E-state index contributed by atoms with van der Waals surface area (Å²) in [5.74, 6) is 0.237. The Balaban J connectivity index is 2.27. The Morgan fingerprint density at radius 1 is 1.21 bits per heavy atom. The summed E-state index contributed by atoms with van der Waals surface area (Å²) in [5, 5.41) is 3.29. The van der Waals surface area contributed by atoms with Crippen molar-refractivity contribution in [3.8, 4) is 0 Å². The fraction of sp³-hybridized carbons (Fsp3) is 0.562. The van der Waals surface area contributed by atoms with E-state index in [2.05, 4.69) is 37.4 Å². The second-order valence-corrected chi connectivity index (χ2v) is 5.99. The van der Waals surface area contributed by atoms with Gasteiger partial charge in [0.05, 0.1) is 5.41 Å². The summed E-state index contributed by atoms with van der Waals surface area (Å²) in [5.41, 5.74) is 3.14. The number of aryl methyl sites for hydroxylation is 2. The molecule has 19 heavy (non-hydrogen) atoms. The maximum Gasteiger partial charge on any atom is 0.232 e.